The van der Waals surface area contributed by atoms with Crippen LogP contribution in [0.25, 0.3) is 0 Å². The molecule has 0 aromatic rings. The Balaban J connectivity index is 1.04. The van der Waals surface area contributed by atoms with Crippen molar-refractivity contribution in [3.8, 4) is 0 Å². The van der Waals surface area contributed by atoms with E-state index in [-0.39, 0.29) is 53.2 Å². The highest BCUT2D eigenvalue weighted by molar-refractivity contribution is 6.09. The Labute approximate surface area is 224 Å². The molecule has 0 aromatic carbocycles. The largest absolute Gasteiger partial charge is 0.341 e. The van der Waals surface area contributed by atoms with Crippen molar-refractivity contribution in [2.24, 2.45) is 47.3 Å². The zero-order valence-corrected chi connectivity index (χ0v) is 22.4. The van der Waals surface area contributed by atoms with Gasteiger partial charge in [-0.1, -0.05) is 12.8 Å². The summed E-state index contributed by atoms with van der Waals surface area (Å²) in [6.07, 6.45) is 11.9. The van der Waals surface area contributed by atoms with E-state index < -0.39 is 6.04 Å². The first-order chi connectivity index (χ1) is 18.5. The number of likely N-dealkylation sites (tertiary alicyclic amines) is 3. The number of unbranched alkanes of at least 4 members (excludes halogenated alkanes) is 1. The minimum Gasteiger partial charge on any atom is -0.341 e. The van der Waals surface area contributed by atoms with Crippen molar-refractivity contribution in [3.63, 3.8) is 0 Å². The minimum atomic E-state index is -0.752. The normalized spacial score (nSPS) is 40.4. The van der Waals surface area contributed by atoms with Gasteiger partial charge in [-0.25, -0.2) is 0 Å². The Morgan fingerprint density at radius 3 is 1.63 bits per heavy atom. The van der Waals surface area contributed by atoms with Gasteiger partial charge in [0.05, 0.1) is 23.7 Å². The minimum absolute atomic E-state index is 0.0117. The highest BCUT2D eigenvalue weighted by atomic mass is 16.2. The van der Waals surface area contributed by atoms with Crippen molar-refractivity contribution in [3.05, 3.63) is 0 Å². The van der Waals surface area contributed by atoms with E-state index in [0.29, 0.717) is 62.6 Å². The molecular formula is C30H41N3O5. The van der Waals surface area contributed by atoms with E-state index in [1.807, 2.05) is 4.90 Å². The van der Waals surface area contributed by atoms with E-state index >= 15 is 0 Å². The van der Waals surface area contributed by atoms with Crippen LogP contribution in [0.15, 0.2) is 0 Å². The first-order valence-electron chi connectivity index (χ1n) is 15.5. The molecule has 8 heteroatoms. The topological polar surface area (TPSA) is 95.1 Å². The quantitative estimate of drug-likeness (QED) is 0.378. The monoisotopic (exact) mass is 523 g/mol. The second-order valence-electron chi connectivity index (χ2n) is 13.4. The number of carbonyl (C=O) groups is 5. The van der Waals surface area contributed by atoms with Gasteiger partial charge in [0.25, 0.3) is 0 Å². The maximum atomic E-state index is 13.9. The molecule has 0 N–H and O–H groups in total. The van der Waals surface area contributed by atoms with Crippen LogP contribution in [-0.4, -0.2) is 69.9 Å². The summed E-state index contributed by atoms with van der Waals surface area (Å²) in [5, 5.41) is 0. The van der Waals surface area contributed by atoms with E-state index in [1.54, 1.807) is 0 Å². The second-order valence-corrected chi connectivity index (χ2v) is 13.4. The molecule has 0 aromatic heterocycles. The predicted molar refractivity (Wildman–Crippen MR) is 137 cm³/mol. The lowest BCUT2D eigenvalue weighted by atomic mass is 9.81. The fraction of sp³-hybridized carbons (Fsp3) is 0.833. The van der Waals surface area contributed by atoms with E-state index in [1.165, 1.54) is 9.80 Å². The Bertz CT molecular complexity index is 994. The molecule has 9 atom stereocenters. The number of rotatable bonds is 7. The first kappa shape index (κ1) is 24.8. The fourth-order valence-corrected chi connectivity index (χ4v) is 9.90. The average molecular weight is 524 g/mol. The molecule has 7 fully saturated rings. The summed E-state index contributed by atoms with van der Waals surface area (Å²) >= 11 is 0. The summed E-state index contributed by atoms with van der Waals surface area (Å²) < 4.78 is 0. The molecule has 0 unspecified atom stereocenters. The van der Waals surface area contributed by atoms with Crippen LogP contribution < -0.4 is 0 Å². The van der Waals surface area contributed by atoms with E-state index in [2.05, 4.69) is 0 Å². The van der Waals surface area contributed by atoms with Gasteiger partial charge in [0.2, 0.25) is 29.5 Å². The van der Waals surface area contributed by atoms with Crippen LogP contribution in [0, 0.1) is 47.3 Å². The summed E-state index contributed by atoms with van der Waals surface area (Å²) in [4.78, 5) is 72.0. The highest BCUT2D eigenvalue weighted by Gasteiger charge is 2.63. The molecule has 7 rings (SSSR count). The Morgan fingerprint density at radius 2 is 1.13 bits per heavy atom. The molecular weight excluding hydrogens is 482 g/mol. The third-order valence-corrected chi connectivity index (χ3v) is 11.6. The van der Waals surface area contributed by atoms with E-state index in [9.17, 15) is 24.0 Å². The van der Waals surface area contributed by atoms with Gasteiger partial charge in [0.1, 0.15) is 6.04 Å². The van der Waals surface area contributed by atoms with Gasteiger partial charge in [-0.3, -0.25) is 33.8 Å². The number of hydrogen-bond donors (Lipinski definition) is 0. The second kappa shape index (κ2) is 9.44. The van der Waals surface area contributed by atoms with Crippen LogP contribution in [0.1, 0.15) is 83.5 Å². The van der Waals surface area contributed by atoms with Crippen LogP contribution in [0.2, 0.25) is 0 Å². The summed E-state index contributed by atoms with van der Waals surface area (Å²) in [7, 11) is 0. The van der Waals surface area contributed by atoms with Crippen LogP contribution >= 0.6 is 0 Å². The summed E-state index contributed by atoms with van der Waals surface area (Å²) in [5.74, 6) is 0.391. The van der Waals surface area contributed by atoms with Crippen molar-refractivity contribution in [1.82, 2.24) is 14.7 Å². The maximum absolute atomic E-state index is 13.9. The maximum Gasteiger partial charge on any atom is 0.245 e. The lowest BCUT2D eigenvalue weighted by Crippen LogP contribution is -2.52. The lowest BCUT2D eigenvalue weighted by Gasteiger charge is -2.32. The zero-order chi connectivity index (χ0) is 26.1. The van der Waals surface area contributed by atoms with Crippen molar-refractivity contribution < 1.29 is 24.0 Å². The molecule has 206 valence electrons. The molecule has 3 aliphatic heterocycles. The summed E-state index contributed by atoms with van der Waals surface area (Å²) in [6.45, 7) is 1.75. The number of hydrogen-bond acceptors (Lipinski definition) is 5. The van der Waals surface area contributed by atoms with Crippen LogP contribution in [0.3, 0.4) is 0 Å². The van der Waals surface area contributed by atoms with Crippen molar-refractivity contribution >= 4 is 29.5 Å². The number of nitrogens with zero attached hydrogens (tertiary/aromatic N) is 3. The summed E-state index contributed by atoms with van der Waals surface area (Å²) in [5.41, 5.74) is 0. The Hall–Kier alpha value is -2.25. The van der Waals surface area contributed by atoms with Crippen LogP contribution in [0.4, 0.5) is 0 Å². The molecule has 8 nitrogen and oxygen atoms in total. The van der Waals surface area contributed by atoms with Crippen molar-refractivity contribution in [2.75, 3.05) is 19.6 Å². The third-order valence-electron chi connectivity index (χ3n) is 11.6. The molecule has 4 aliphatic carbocycles. The molecule has 5 amide bonds. The van der Waals surface area contributed by atoms with E-state index in [0.717, 1.165) is 64.2 Å². The van der Waals surface area contributed by atoms with Gasteiger partial charge < -0.3 is 4.90 Å². The molecule has 7 aliphatic rings. The van der Waals surface area contributed by atoms with Gasteiger partial charge >= 0.3 is 0 Å². The molecule has 38 heavy (non-hydrogen) atoms. The molecule has 0 radical (unpaired) electrons. The smallest absolute Gasteiger partial charge is 0.245 e. The van der Waals surface area contributed by atoms with Crippen molar-refractivity contribution in [2.45, 2.75) is 89.5 Å². The predicted octanol–water partition coefficient (Wildman–Crippen LogP) is 2.99. The molecule has 3 saturated heterocycles. The van der Waals surface area contributed by atoms with Gasteiger partial charge in [0.15, 0.2) is 0 Å². The Morgan fingerprint density at radius 1 is 0.658 bits per heavy atom. The van der Waals surface area contributed by atoms with Crippen LogP contribution in [-0.2, 0) is 24.0 Å². The zero-order valence-electron chi connectivity index (χ0n) is 22.4. The fourth-order valence-electron chi connectivity index (χ4n) is 9.90. The molecule has 3 heterocycles. The van der Waals surface area contributed by atoms with Crippen molar-refractivity contribution in [1.29, 1.82) is 0 Å². The number of amides is 5. The molecule has 4 bridgehead atoms. The van der Waals surface area contributed by atoms with E-state index in [4.69, 9.17) is 0 Å². The third kappa shape index (κ3) is 3.64. The summed E-state index contributed by atoms with van der Waals surface area (Å²) in [6, 6.07) is -0.752. The number of carbonyl (C=O) groups excluding carboxylic acids is 5. The van der Waals surface area contributed by atoms with Gasteiger partial charge in [-0.15, -0.1) is 0 Å². The SMILES string of the molecule is O=C([C@H](CCCCN1C(=O)[C@@H]2[C@H]3CC[C@@H](C3)[C@H]2C1=O)N1C(=O)[C@@H]2[C@H]3CC[C@@H](C3)[C@@H]2C1=O)N1CCCCCC1. The van der Waals surface area contributed by atoms with Gasteiger partial charge in [-0.2, -0.15) is 0 Å². The first-order valence-corrected chi connectivity index (χ1v) is 15.5. The lowest BCUT2D eigenvalue weighted by molar-refractivity contribution is -0.152. The van der Waals surface area contributed by atoms with Gasteiger partial charge in [-0.05, 0) is 94.3 Å². The highest BCUT2D eigenvalue weighted by Crippen LogP contribution is 2.57. The average Bonchev–Trinajstić information content (AvgIpc) is 3.74. The van der Waals surface area contributed by atoms with Gasteiger partial charge in [0, 0.05) is 19.6 Å². The van der Waals surface area contributed by atoms with Crippen LogP contribution in [0.5, 0.6) is 0 Å². The molecule has 0 spiro atoms. The standard InChI is InChI=1S/C30H41N3O5/c34-26(31-12-4-1-2-5-13-31)21(33-29(37)24-19-10-11-20(16-19)25(24)30(33)38)7-3-6-14-32-27(35)22-17-8-9-18(15-17)23(22)28(32)36/h17-25H,1-16H2/t17-,18-,19-,20-,21-,22+,23+,24-,25+/m0/s1. The molecule has 4 saturated carbocycles. The number of imide groups is 2. The Kier molecular flexibility index (Phi) is 6.15. The number of fused-ring (bicyclic) bond motifs is 10.